The van der Waals surface area contributed by atoms with Crippen molar-refractivity contribution in [2.45, 2.75) is 51.1 Å². The molecule has 1 amide bonds. The largest absolute Gasteiger partial charge is 0.457 e. The fourth-order valence-corrected chi connectivity index (χ4v) is 4.37. The van der Waals surface area contributed by atoms with Gasteiger partial charge in [-0.1, -0.05) is 36.4 Å². The van der Waals surface area contributed by atoms with Crippen LogP contribution in [0.1, 0.15) is 50.2 Å². The van der Waals surface area contributed by atoms with Crippen LogP contribution in [0.3, 0.4) is 0 Å². The molecule has 0 aliphatic carbocycles. The molecule has 0 radical (unpaired) electrons. The second-order valence-electron chi connectivity index (χ2n) is 7.65. The number of carbonyl (C=O) groups excluding carboxylic acids is 2. The maximum Gasteiger partial charge on any atom is 0.318 e. The summed E-state index contributed by atoms with van der Waals surface area (Å²) >= 11 is 0. The van der Waals surface area contributed by atoms with Gasteiger partial charge in [-0.2, -0.15) is 0 Å². The molecule has 2 aromatic rings. The summed E-state index contributed by atoms with van der Waals surface area (Å²) in [4.78, 5) is 27.6. The van der Waals surface area contributed by atoms with Crippen LogP contribution >= 0.6 is 0 Å². The van der Waals surface area contributed by atoms with E-state index in [-0.39, 0.29) is 24.6 Å². The highest BCUT2D eigenvalue weighted by molar-refractivity contribution is 5.88. The van der Waals surface area contributed by atoms with Crippen LogP contribution in [-0.4, -0.2) is 35.5 Å². The zero-order valence-electron chi connectivity index (χ0n) is 16.3. The fourth-order valence-electron chi connectivity index (χ4n) is 4.37. The first-order valence-electron chi connectivity index (χ1n) is 9.89. The lowest BCUT2D eigenvalue weighted by Crippen LogP contribution is -2.49. The summed E-state index contributed by atoms with van der Waals surface area (Å²) in [7, 11) is 0. The van der Waals surface area contributed by atoms with E-state index in [4.69, 9.17) is 9.47 Å². The minimum absolute atomic E-state index is 0.123. The Morgan fingerprint density at radius 2 is 1.50 bits per heavy atom. The first-order valence-corrected chi connectivity index (χ1v) is 9.89. The average molecular weight is 379 g/mol. The number of fused-ring (bicyclic) bond motifs is 2. The number of amides is 1. The lowest BCUT2D eigenvalue weighted by molar-refractivity contribution is -0.155. The Morgan fingerprint density at radius 1 is 0.964 bits per heavy atom. The van der Waals surface area contributed by atoms with Crippen molar-refractivity contribution in [1.29, 1.82) is 0 Å². The minimum Gasteiger partial charge on any atom is -0.457 e. The van der Waals surface area contributed by atoms with Gasteiger partial charge in [-0.3, -0.25) is 9.59 Å². The standard InChI is InChI=1S/C23H25NO4/c1-15-8-7-9-16(2)24(15)21(25)14-27-23(26)22-17-10-3-5-12-19(17)28-20-13-6-4-11-18(20)22/h3-6,10-13,15-16,22H,7-9,14H2,1-2H3/t15-,16+. The third-order valence-electron chi connectivity index (χ3n) is 5.74. The topological polar surface area (TPSA) is 55.8 Å². The number of carbonyl (C=O) groups is 2. The predicted octanol–water partition coefficient (Wildman–Crippen LogP) is 4.26. The second kappa shape index (κ2) is 7.66. The number of hydrogen-bond acceptors (Lipinski definition) is 4. The summed E-state index contributed by atoms with van der Waals surface area (Å²) < 4.78 is 11.4. The Balaban J connectivity index is 1.53. The fraction of sp³-hybridized carbons (Fsp3) is 0.391. The van der Waals surface area contributed by atoms with Crippen molar-refractivity contribution in [3.05, 3.63) is 59.7 Å². The van der Waals surface area contributed by atoms with E-state index in [1.165, 1.54) is 0 Å². The molecule has 2 aliphatic heterocycles. The highest BCUT2D eigenvalue weighted by Crippen LogP contribution is 2.44. The molecule has 2 aromatic carbocycles. The number of ether oxygens (including phenoxy) is 2. The third-order valence-corrected chi connectivity index (χ3v) is 5.74. The molecular weight excluding hydrogens is 354 g/mol. The molecule has 0 N–H and O–H groups in total. The molecule has 0 aromatic heterocycles. The predicted molar refractivity (Wildman–Crippen MR) is 105 cm³/mol. The molecule has 5 nitrogen and oxygen atoms in total. The first-order chi connectivity index (χ1) is 13.6. The van der Waals surface area contributed by atoms with Gasteiger partial charge in [-0.15, -0.1) is 0 Å². The quantitative estimate of drug-likeness (QED) is 0.748. The van der Waals surface area contributed by atoms with E-state index in [9.17, 15) is 9.59 Å². The number of piperidine rings is 1. The van der Waals surface area contributed by atoms with Crippen LogP contribution in [0, 0.1) is 0 Å². The zero-order chi connectivity index (χ0) is 19.7. The summed E-state index contributed by atoms with van der Waals surface area (Å²) in [5.41, 5.74) is 1.52. The van der Waals surface area contributed by atoms with Gasteiger partial charge in [0.1, 0.15) is 17.4 Å². The van der Waals surface area contributed by atoms with Crippen molar-refractivity contribution in [2.24, 2.45) is 0 Å². The van der Waals surface area contributed by atoms with Gasteiger partial charge in [-0.05, 0) is 45.2 Å². The second-order valence-corrected chi connectivity index (χ2v) is 7.65. The highest BCUT2D eigenvalue weighted by atomic mass is 16.5. The van der Waals surface area contributed by atoms with Crippen molar-refractivity contribution in [1.82, 2.24) is 4.90 Å². The molecule has 2 heterocycles. The number of rotatable bonds is 3. The molecule has 146 valence electrons. The van der Waals surface area contributed by atoms with Crippen LogP contribution in [0.5, 0.6) is 11.5 Å². The summed E-state index contributed by atoms with van der Waals surface area (Å²) in [6.07, 6.45) is 3.11. The van der Waals surface area contributed by atoms with Gasteiger partial charge in [0.15, 0.2) is 6.61 Å². The SMILES string of the molecule is C[C@@H]1CCC[C@H](C)N1C(=O)COC(=O)C1c2ccccc2Oc2ccccc21. The lowest BCUT2D eigenvalue weighted by Gasteiger charge is -2.39. The smallest absolute Gasteiger partial charge is 0.318 e. The highest BCUT2D eigenvalue weighted by Gasteiger charge is 2.35. The van der Waals surface area contributed by atoms with E-state index in [1.54, 1.807) is 0 Å². The molecule has 1 saturated heterocycles. The molecule has 0 bridgehead atoms. The van der Waals surface area contributed by atoms with Gasteiger partial charge < -0.3 is 14.4 Å². The normalized spacial score (nSPS) is 21.3. The molecule has 5 heteroatoms. The number of para-hydroxylation sites is 2. The van der Waals surface area contributed by atoms with Crippen molar-refractivity contribution in [3.8, 4) is 11.5 Å². The van der Waals surface area contributed by atoms with E-state index in [0.717, 1.165) is 30.4 Å². The third kappa shape index (κ3) is 3.37. The van der Waals surface area contributed by atoms with E-state index < -0.39 is 11.9 Å². The van der Waals surface area contributed by atoms with Gasteiger partial charge >= 0.3 is 5.97 Å². The Labute approximate surface area is 165 Å². The van der Waals surface area contributed by atoms with Gasteiger partial charge in [0.05, 0.1) is 0 Å². The number of nitrogens with zero attached hydrogens (tertiary/aromatic N) is 1. The first kappa shape index (κ1) is 18.5. The van der Waals surface area contributed by atoms with E-state index >= 15 is 0 Å². The van der Waals surface area contributed by atoms with Crippen molar-refractivity contribution < 1.29 is 19.1 Å². The minimum atomic E-state index is -0.592. The molecule has 0 unspecified atom stereocenters. The summed E-state index contributed by atoms with van der Waals surface area (Å²) in [5.74, 6) is 0.154. The molecule has 2 aliphatic rings. The Morgan fingerprint density at radius 3 is 2.07 bits per heavy atom. The van der Waals surface area contributed by atoms with Crippen LogP contribution in [0.4, 0.5) is 0 Å². The maximum atomic E-state index is 13.0. The van der Waals surface area contributed by atoms with Crippen LogP contribution < -0.4 is 4.74 Å². The number of esters is 1. The van der Waals surface area contributed by atoms with Crippen molar-refractivity contribution >= 4 is 11.9 Å². The molecular formula is C23H25NO4. The molecule has 0 spiro atoms. The Hall–Kier alpha value is -2.82. The van der Waals surface area contributed by atoms with Gasteiger partial charge in [0.2, 0.25) is 0 Å². The van der Waals surface area contributed by atoms with E-state index in [0.29, 0.717) is 11.5 Å². The number of hydrogen-bond donors (Lipinski definition) is 0. The summed E-state index contributed by atoms with van der Waals surface area (Å²) in [6, 6.07) is 15.3. The van der Waals surface area contributed by atoms with Crippen LogP contribution in [0.15, 0.2) is 48.5 Å². The zero-order valence-corrected chi connectivity index (χ0v) is 16.3. The van der Waals surface area contributed by atoms with Gasteiger partial charge in [0.25, 0.3) is 5.91 Å². The number of likely N-dealkylation sites (tertiary alicyclic amines) is 1. The molecule has 0 saturated carbocycles. The Bertz CT molecular complexity index is 838. The average Bonchev–Trinajstić information content (AvgIpc) is 2.70. The van der Waals surface area contributed by atoms with Crippen LogP contribution in [0.2, 0.25) is 0 Å². The maximum absolute atomic E-state index is 13.0. The monoisotopic (exact) mass is 379 g/mol. The molecule has 4 rings (SSSR count). The van der Waals surface area contributed by atoms with Gasteiger partial charge in [-0.25, -0.2) is 0 Å². The molecule has 1 fully saturated rings. The molecule has 28 heavy (non-hydrogen) atoms. The van der Waals surface area contributed by atoms with Crippen LogP contribution in [0.25, 0.3) is 0 Å². The van der Waals surface area contributed by atoms with E-state index in [2.05, 4.69) is 13.8 Å². The Kier molecular flexibility index (Phi) is 5.07. The lowest BCUT2D eigenvalue weighted by atomic mass is 9.88. The van der Waals surface area contributed by atoms with Crippen LogP contribution in [-0.2, 0) is 14.3 Å². The van der Waals surface area contributed by atoms with Crippen molar-refractivity contribution in [3.63, 3.8) is 0 Å². The molecule has 2 atom stereocenters. The van der Waals surface area contributed by atoms with Gasteiger partial charge in [0, 0.05) is 23.2 Å². The van der Waals surface area contributed by atoms with Crippen molar-refractivity contribution in [2.75, 3.05) is 6.61 Å². The van der Waals surface area contributed by atoms with E-state index in [1.807, 2.05) is 53.4 Å². The summed E-state index contributed by atoms with van der Waals surface area (Å²) in [6.45, 7) is 3.88. The number of benzene rings is 2. The summed E-state index contributed by atoms with van der Waals surface area (Å²) in [5, 5.41) is 0.